The highest BCUT2D eigenvalue weighted by Crippen LogP contribution is 2.48. The van der Waals surface area contributed by atoms with Crippen molar-refractivity contribution < 1.29 is 23.8 Å². The van der Waals surface area contributed by atoms with Gasteiger partial charge >= 0.3 is 11.9 Å². The van der Waals surface area contributed by atoms with Gasteiger partial charge in [0.2, 0.25) is 0 Å². The van der Waals surface area contributed by atoms with Crippen LogP contribution < -0.4 is 0 Å². The first-order valence-electron chi connectivity index (χ1n) is 10.2. The zero-order chi connectivity index (χ0) is 22.0. The van der Waals surface area contributed by atoms with Crippen LogP contribution in [-0.2, 0) is 30.4 Å². The minimum absolute atomic E-state index is 0.0336. The van der Waals surface area contributed by atoms with Crippen LogP contribution in [0.2, 0.25) is 10.0 Å². The Bertz CT molecular complexity index is 1020. The Hall–Kier alpha value is -2.34. The van der Waals surface area contributed by atoms with Crippen molar-refractivity contribution in [3.8, 4) is 0 Å². The highest BCUT2D eigenvalue weighted by Gasteiger charge is 2.52. The molecule has 1 fully saturated rings. The predicted octanol–water partition coefficient (Wildman–Crippen LogP) is 5.72. The third-order valence-electron chi connectivity index (χ3n) is 5.65. The lowest BCUT2D eigenvalue weighted by molar-refractivity contribution is -0.157. The smallest absolute Gasteiger partial charge is 0.343 e. The molecule has 1 heterocycles. The quantitative estimate of drug-likeness (QED) is 0.533. The van der Waals surface area contributed by atoms with Gasteiger partial charge in [-0.25, -0.2) is 4.79 Å². The molecule has 0 N–H and O–H groups in total. The van der Waals surface area contributed by atoms with Crippen LogP contribution in [0.1, 0.15) is 43.7 Å². The Balaban J connectivity index is 1.57. The number of halogens is 2. The number of hydrogen-bond donors (Lipinski definition) is 0. The molecule has 0 amide bonds. The molecule has 2 aromatic carbocycles. The zero-order valence-corrected chi connectivity index (χ0v) is 18.5. The van der Waals surface area contributed by atoms with Gasteiger partial charge in [-0.1, -0.05) is 59.6 Å². The lowest BCUT2D eigenvalue weighted by Gasteiger charge is -2.36. The largest absolute Gasteiger partial charge is 0.447 e. The van der Waals surface area contributed by atoms with Gasteiger partial charge in [0.25, 0.3) is 0 Å². The van der Waals surface area contributed by atoms with Crippen molar-refractivity contribution >= 4 is 40.7 Å². The summed E-state index contributed by atoms with van der Waals surface area (Å²) in [6.45, 7) is 1.83. The van der Waals surface area contributed by atoms with Gasteiger partial charge in [-0.3, -0.25) is 4.79 Å². The van der Waals surface area contributed by atoms with Crippen molar-refractivity contribution in [1.82, 2.24) is 0 Å². The van der Waals surface area contributed by atoms with E-state index < -0.39 is 17.5 Å². The maximum atomic E-state index is 12.9. The lowest BCUT2D eigenvalue weighted by Crippen LogP contribution is -2.40. The van der Waals surface area contributed by atoms with Crippen LogP contribution in [0.15, 0.2) is 54.3 Å². The fraction of sp³-hybridized carbons (Fsp3) is 0.333. The first kappa shape index (κ1) is 21.9. The molecule has 0 bridgehead atoms. The van der Waals surface area contributed by atoms with Crippen LogP contribution in [0.4, 0.5) is 0 Å². The second-order valence-electron chi connectivity index (χ2n) is 7.80. The SMILES string of the molecule is CC(=O)OC1=C(c2ccc(Cl)cc2Cl)C(=O)OC12CCC(OCc1ccccc1)CC2. The number of rotatable bonds is 5. The summed E-state index contributed by atoms with van der Waals surface area (Å²) >= 11 is 12.3. The Labute approximate surface area is 190 Å². The first-order valence-corrected chi connectivity index (χ1v) is 10.9. The van der Waals surface area contributed by atoms with Crippen LogP contribution in [0.25, 0.3) is 5.57 Å². The van der Waals surface area contributed by atoms with Crippen molar-refractivity contribution in [2.24, 2.45) is 0 Å². The number of esters is 2. The van der Waals surface area contributed by atoms with Crippen LogP contribution in [0.5, 0.6) is 0 Å². The van der Waals surface area contributed by atoms with Crippen LogP contribution in [-0.4, -0.2) is 23.6 Å². The van der Waals surface area contributed by atoms with E-state index in [-0.39, 0.29) is 17.4 Å². The second-order valence-corrected chi connectivity index (χ2v) is 8.65. The molecule has 7 heteroatoms. The summed E-state index contributed by atoms with van der Waals surface area (Å²) < 4.78 is 17.4. The van der Waals surface area contributed by atoms with Gasteiger partial charge in [0, 0.05) is 17.5 Å². The van der Waals surface area contributed by atoms with E-state index >= 15 is 0 Å². The van der Waals surface area contributed by atoms with E-state index in [2.05, 4.69) is 0 Å². The minimum atomic E-state index is -0.992. The standard InChI is InChI=1S/C24H22Cl2O5/c1-15(27)30-22-21(19-8-7-17(25)13-20(19)26)23(28)31-24(22)11-9-18(10-12-24)29-14-16-5-3-2-4-6-16/h2-8,13,18H,9-12,14H2,1H3. The first-order chi connectivity index (χ1) is 14.9. The topological polar surface area (TPSA) is 61.8 Å². The second kappa shape index (κ2) is 9.03. The lowest BCUT2D eigenvalue weighted by atomic mass is 9.81. The molecular formula is C24H22Cl2O5. The van der Waals surface area contributed by atoms with Crippen molar-refractivity contribution in [3.63, 3.8) is 0 Å². The van der Waals surface area contributed by atoms with Crippen LogP contribution in [0.3, 0.4) is 0 Å². The Morgan fingerprint density at radius 2 is 1.84 bits per heavy atom. The average Bonchev–Trinajstić information content (AvgIpc) is 2.99. The summed E-state index contributed by atoms with van der Waals surface area (Å²) in [7, 11) is 0. The molecule has 162 valence electrons. The van der Waals surface area contributed by atoms with Gasteiger partial charge < -0.3 is 14.2 Å². The summed E-state index contributed by atoms with van der Waals surface area (Å²) in [4.78, 5) is 24.7. The summed E-state index contributed by atoms with van der Waals surface area (Å²) in [6.07, 6.45) is 2.37. The van der Waals surface area contributed by atoms with Crippen LogP contribution in [0, 0.1) is 0 Å². The summed E-state index contributed by atoms with van der Waals surface area (Å²) in [5.41, 5.74) is 0.732. The molecule has 0 radical (unpaired) electrons. The third-order valence-corrected chi connectivity index (χ3v) is 6.20. The number of carbonyl (C=O) groups is 2. The number of carbonyl (C=O) groups excluding carboxylic acids is 2. The van der Waals surface area contributed by atoms with E-state index in [1.54, 1.807) is 18.2 Å². The molecule has 0 unspecified atom stereocenters. The van der Waals surface area contributed by atoms with E-state index in [0.29, 0.717) is 47.9 Å². The molecule has 31 heavy (non-hydrogen) atoms. The van der Waals surface area contributed by atoms with Crippen molar-refractivity contribution in [2.45, 2.75) is 50.9 Å². The van der Waals surface area contributed by atoms with Gasteiger partial charge in [0.15, 0.2) is 11.4 Å². The monoisotopic (exact) mass is 460 g/mol. The van der Waals surface area contributed by atoms with Crippen molar-refractivity contribution in [2.75, 3.05) is 0 Å². The van der Waals surface area contributed by atoms with Crippen molar-refractivity contribution in [3.05, 3.63) is 75.5 Å². The normalized spacial score (nSPS) is 23.2. The number of hydrogen-bond acceptors (Lipinski definition) is 5. The number of benzene rings is 2. The van der Waals surface area contributed by atoms with Crippen molar-refractivity contribution in [1.29, 1.82) is 0 Å². The highest BCUT2D eigenvalue weighted by molar-refractivity contribution is 6.37. The Morgan fingerprint density at radius 1 is 1.13 bits per heavy atom. The molecule has 2 aliphatic rings. The molecule has 1 saturated carbocycles. The third kappa shape index (κ3) is 4.64. The maximum Gasteiger partial charge on any atom is 0.343 e. The summed E-state index contributed by atoms with van der Waals surface area (Å²) in [6, 6.07) is 14.8. The average molecular weight is 461 g/mol. The van der Waals surface area contributed by atoms with E-state index in [1.807, 2.05) is 30.3 Å². The van der Waals surface area contributed by atoms with Gasteiger partial charge in [-0.15, -0.1) is 0 Å². The predicted molar refractivity (Wildman–Crippen MR) is 117 cm³/mol. The summed E-state index contributed by atoms with van der Waals surface area (Å²) in [5.74, 6) is -0.836. The minimum Gasteiger partial charge on any atom is -0.447 e. The molecule has 1 aliphatic heterocycles. The van der Waals surface area contributed by atoms with E-state index in [4.69, 9.17) is 37.4 Å². The molecule has 2 aromatic rings. The maximum absolute atomic E-state index is 12.9. The molecule has 1 aliphatic carbocycles. The molecule has 5 nitrogen and oxygen atoms in total. The van der Waals surface area contributed by atoms with Gasteiger partial charge in [-0.05, 0) is 43.4 Å². The molecule has 0 saturated heterocycles. The Morgan fingerprint density at radius 3 is 2.48 bits per heavy atom. The van der Waals surface area contributed by atoms with Gasteiger partial charge in [-0.2, -0.15) is 0 Å². The van der Waals surface area contributed by atoms with E-state index in [1.165, 1.54) is 6.92 Å². The molecule has 4 rings (SSSR count). The highest BCUT2D eigenvalue weighted by atomic mass is 35.5. The van der Waals surface area contributed by atoms with Gasteiger partial charge in [0.05, 0.1) is 17.7 Å². The van der Waals surface area contributed by atoms with E-state index in [0.717, 1.165) is 5.56 Å². The fourth-order valence-corrected chi connectivity index (χ4v) is 4.65. The summed E-state index contributed by atoms with van der Waals surface area (Å²) in [5, 5.41) is 0.738. The fourth-order valence-electron chi connectivity index (χ4n) is 4.15. The van der Waals surface area contributed by atoms with Crippen LogP contribution >= 0.6 is 23.2 Å². The number of ether oxygens (including phenoxy) is 3. The zero-order valence-electron chi connectivity index (χ0n) is 17.0. The molecular weight excluding hydrogens is 439 g/mol. The van der Waals surface area contributed by atoms with E-state index in [9.17, 15) is 9.59 Å². The Kier molecular flexibility index (Phi) is 6.37. The molecule has 0 atom stereocenters. The molecule has 0 aromatic heterocycles. The van der Waals surface area contributed by atoms with Gasteiger partial charge in [0.1, 0.15) is 5.57 Å². The molecule has 1 spiro atoms.